The van der Waals surface area contributed by atoms with Crippen LogP contribution in [-0.2, 0) is 4.79 Å². The van der Waals surface area contributed by atoms with Crippen LogP contribution in [0.2, 0.25) is 0 Å². The van der Waals surface area contributed by atoms with Crippen LogP contribution >= 0.6 is 0 Å². The Hall–Kier alpha value is -1.39. The summed E-state index contributed by atoms with van der Waals surface area (Å²) in [5.41, 5.74) is 0. The van der Waals surface area contributed by atoms with Crippen molar-refractivity contribution in [2.24, 2.45) is 0 Å². The second kappa shape index (κ2) is 26.2. The number of hydrogen-bond acceptors (Lipinski definition) is 3. The molecule has 0 aliphatic carbocycles. The van der Waals surface area contributed by atoms with Gasteiger partial charge in [0.2, 0.25) is 5.91 Å². The van der Waals surface area contributed by atoms with E-state index in [-0.39, 0.29) is 12.5 Å². The summed E-state index contributed by atoms with van der Waals surface area (Å²) in [4.78, 5) is 12.2. The minimum atomic E-state index is -0.862. The predicted molar refractivity (Wildman–Crippen MR) is 147 cm³/mol. The molecule has 0 saturated carbocycles. The van der Waals surface area contributed by atoms with Crippen molar-refractivity contribution < 1.29 is 15.0 Å². The van der Waals surface area contributed by atoms with E-state index in [0.29, 0.717) is 6.42 Å². The molecule has 4 nitrogen and oxygen atoms in total. The zero-order valence-electron chi connectivity index (χ0n) is 22.4. The number of carbonyl (C=O) groups is 1. The normalized spacial score (nSPS) is 13.9. The monoisotopic (exact) mass is 477 g/mol. The van der Waals surface area contributed by atoms with Gasteiger partial charge in [-0.3, -0.25) is 4.79 Å². The van der Waals surface area contributed by atoms with E-state index >= 15 is 0 Å². The summed E-state index contributed by atoms with van der Waals surface area (Å²) in [6.07, 6.45) is 32.1. The highest BCUT2D eigenvalue weighted by Crippen LogP contribution is 2.09. The number of amides is 1. The molecule has 0 heterocycles. The minimum Gasteiger partial charge on any atom is -0.394 e. The van der Waals surface area contributed by atoms with E-state index in [2.05, 4.69) is 43.5 Å². The van der Waals surface area contributed by atoms with Crippen LogP contribution < -0.4 is 5.32 Å². The fourth-order valence-corrected chi connectivity index (χ4v) is 3.83. The number of unbranched alkanes of at least 4 members (excludes halogenated alkanes) is 13. The Labute approximate surface area is 211 Å². The van der Waals surface area contributed by atoms with E-state index in [9.17, 15) is 15.0 Å². The maximum absolute atomic E-state index is 12.2. The quantitative estimate of drug-likeness (QED) is 0.0992. The zero-order chi connectivity index (χ0) is 25.1. The number of aliphatic hydroxyl groups is 2. The summed E-state index contributed by atoms with van der Waals surface area (Å²) < 4.78 is 0. The summed E-state index contributed by atoms with van der Waals surface area (Å²) >= 11 is 0. The number of aliphatic hydroxyl groups excluding tert-OH is 2. The predicted octanol–water partition coefficient (Wildman–Crippen LogP) is 7.55. The van der Waals surface area contributed by atoms with Crippen molar-refractivity contribution in [3.8, 4) is 0 Å². The third-order valence-corrected chi connectivity index (χ3v) is 6.10. The number of nitrogens with one attached hydrogen (secondary N) is 1. The number of carbonyl (C=O) groups excluding carboxylic acids is 1. The van der Waals surface area contributed by atoms with Gasteiger partial charge in [-0.25, -0.2) is 0 Å². The van der Waals surface area contributed by atoms with Gasteiger partial charge in [-0.05, 0) is 57.8 Å². The van der Waals surface area contributed by atoms with Gasteiger partial charge in [-0.2, -0.15) is 0 Å². The first-order valence-electron chi connectivity index (χ1n) is 14.2. The first-order valence-corrected chi connectivity index (χ1v) is 14.2. The molecule has 0 aliphatic heterocycles. The first-order chi connectivity index (χ1) is 16.7. The van der Waals surface area contributed by atoms with E-state index in [1.807, 2.05) is 6.08 Å². The van der Waals surface area contributed by atoms with Crippen LogP contribution in [-0.4, -0.2) is 34.9 Å². The maximum Gasteiger partial charge on any atom is 0.220 e. The maximum atomic E-state index is 12.2. The van der Waals surface area contributed by atoms with Crippen LogP contribution in [0, 0.1) is 0 Å². The molecule has 0 bridgehead atoms. The van der Waals surface area contributed by atoms with Crippen LogP contribution in [0.15, 0.2) is 36.5 Å². The van der Waals surface area contributed by atoms with Crippen LogP contribution in [0.5, 0.6) is 0 Å². The standard InChI is InChI=1S/C30H55NO3/c1-3-5-7-9-11-13-14-15-16-18-20-22-24-26-30(34)31-28(27-32)29(33)25-23-21-19-17-12-10-8-6-4-2/h12,15-17,23,25,28-29,32-33H,3-11,13-14,18-22,24,26-27H2,1-2H3,(H,31,34)/b16-15-,17-12+,25-23+. The molecule has 4 heteroatoms. The highest BCUT2D eigenvalue weighted by Gasteiger charge is 2.17. The SMILES string of the molecule is CCCCC/C=C/CC/C=C/C(O)C(CO)NC(=O)CCCCC/C=C\CCCCCCCC. The molecule has 34 heavy (non-hydrogen) atoms. The van der Waals surface area contributed by atoms with Crippen LogP contribution in [0.1, 0.15) is 129 Å². The molecule has 3 N–H and O–H groups in total. The van der Waals surface area contributed by atoms with Crippen LogP contribution in [0.3, 0.4) is 0 Å². The largest absolute Gasteiger partial charge is 0.394 e. The summed E-state index contributed by atoms with van der Waals surface area (Å²) in [6, 6.07) is -0.641. The van der Waals surface area contributed by atoms with E-state index in [1.54, 1.807) is 6.08 Å². The molecular weight excluding hydrogens is 422 g/mol. The van der Waals surface area contributed by atoms with Crippen molar-refractivity contribution in [1.82, 2.24) is 5.32 Å². The fourth-order valence-electron chi connectivity index (χ4n) is 3.83. The lowest BCUT2D eigenvalue weighted by atomic mass is 10.1. The number of hydrogen-bond donors (Lipinski definition) is 3. The smallest absolute Gasteiger partial charge is 0.220 e. The Kier molecular flexibility index (Phi) is 25.1. The van der Waals surface area contributed by atoms with Gasteiger partial charge in [0.05, 0.1) is 18.8 Å². The third-order valence-electron chi connectivity index (χ3n) is 6.10. The molecule has 1 amide bonds. The Bertz CT molecular complexity index is 527. The van der Waals surface area contributed by atoms with Crippen LogP contribution in [0.4, 0.5) is 0 Å². The van der Waals surface area contributed by atoms with Crippen molar-refractivity contribution in [1.29, 1.82) is 0 Å². The van der Waals surface area contributed by atoms with Crippen molar-refractivity contribution in [3.63, 3.8) is 0 Å². The topological polar surface area (TPSA) is 69.6 Å². The molecule has 0 spiro atoms. The fraction of sp³-hybridized carbons (Fsp3) is 0.767. The van der Waals surface area contributed by atoms with Gasteiger partial charge < -0.3 is 15.5 Å². The molecule has 0 saturated heterocycles. The van der Waals surface area contributed by atoms with Crippen molar-refractivity contribution in [2.75, 3.05) is 6.61 Å². The summed E-state index contributed by atoms with van der Waals surface area (Å²) in [5, 5.41) is 22.6. The molecule has 0 fully saturated rings. The molecule has 0 aliphatic rings. The summed E-state index contributed by atoms with van der Waals surface area (Å²) in [7, 11) is 0. The average molecular weight is 478 g/mol. The van der Waals surface area contributed by atoms with Gasteiger partial charge in [-0.1, -0.05) is 102 Å². The minimum absolute atomic E-state index is 0.0971. The lowest BCUT2D eigenvalue weighted by Gasteiger charge is -2.19. The molecule has 198 valence electrons. The highest BCUT2D eigenvalue weighted by atomic mass is 16.3. The summed E-state index contributed by atoms with van der Waals surface area (Å²) in [5.74, 6) is -0.0971. The van der Waals surface area contributed by atoms with Gasteiger partial charge in [0.25, 0.3) is 0 Å². The Morgan fingerprint density at radius 3 is 1.76 bits per heavy atom. The average Bonchev–Trinajstić information content (AvgIpc) is 2.84. The molecule has 0 aromatic heterocycles. The van der Waals surface area contributed by atoms with Crippen molar-refractivity contribution in [2.45, 2.75) is 142 Å². The molecule has 0 aromatic carbocycles. The molecule has 2 atom stereocenters. The Morgan fingerprint density at radius 2 is 1.15 bits per heavy atom. The van der Waals surface area contributed by atoms with Gasteiger partial charge in [0.1, 0.15) is 0 Å². The van der Waals surface area contributed by atoms with Gasteiger partial charge in [0, 0.05) is 6.42 Å². The second-order valence-electron chi connectivity index (χ2n) is 9.45. The van der Waals surface area contributed by atoms with Gasteiger partial charge >= 0.3 is 0 Å². The van der Waals surface area contributed by atoms with E-state index < -0.39 is 12.1 Å². The molecule has 0 radical (unpaired) electrons. The molecular formula is C30H55NO3. The lowest BCUT2D eigenvalue weighted by Crippen LogP contribution is -2.45. The van der Waals surface area contributed by atoms with Crippen molar-refractivity contribution >= 4 is 5.91 Å². The van der Waals surface area contributed by atoms with Gasteiger partial charge in [-0.15, -0.1) is 0 Å². The van der Waals surface area contributed by atoms with E-state index in [4.69, 9.17) is 0 Å². The zero-order valence-corrected chi connectivity index (χ0v) is 22.4. The Balaban J connectivity index is 3.79. The highest BCUT2D eigenvalue weighted by molar-refractivity contribution is 5.76. The second-order valence-corrected chi connectivity index (χ2v) is 9.45. The number of rotatable bonds is 24. The summed E-state index contributed by atoms with van der Waals surface area (Å²) in [6.45, 7) is 4.19. The molecule has 2 unspecified atom stereocenters. The van der Waals surface area contributed by atoms with E-state index in [1.165, 1.54) is 64.2 Å². The van der Waals surface area contributed by atoms with Crippen LogP contribution in [0.25, 0.3) is 0 Å². The first kappa shape index (κ1) is 32.6. The lowest BCUT2D eigenvalue weighted by molar-refractivity contribution is -0.123. The number of allylic oxidation sites excluding steroid dienone is 5. The third kappa shape index (κ3) is 22.4. The Morgan fingerprint density at radius 1 is 0.676 bits per heavy atom. The molecule has 0 rings (SSSR count). The molecule has 0 aromatic rings. The van der Waals surface area contributed by atoms with Gasteiger partial charge in [0.15, 0.2) is 0 Å². The van der Waals surface area contributed by atoms with E-state index in [0.717, 1.165) is 44.9 Å². The van der Waals surface area contributed by atoms with Crippen molar-refractivity contribution in [3.05, 3.63) is 36.5 Å².